The van der Waals surface area contributed by atoms with Crippen LogP contribution in [0.2, 0.25) is 0 Å². The minimum absolute atomic E-state index is 0.0622. The summed E-state index contributed by atoms with van der Waals surface area (Å²) in [5.41, 5.74) is -1.24. The summed E-state index contributed by atoms with van der Waals surface area (Å²) in [6.07, 6.45) is 1.29. The largest absolute Gasteiger partial charge is 0.348 e. The molecule has 0 fully saturated rings. The zero-order chi connectivity index (χ0) is 14.0. The highest BCUT2D eigenvalue weighted by molar-refractivity contribution is 5.65. The summed E-state index contributed by atoms with van der Waals surface area (Å²) in [5, 5.41) is 10.9. The number of hydrogen-bond donors (Lipinski definition) is 1. The number of hydrogen-bond acceptors (Lipinski definition) is 3. The molecule has 0 aliphatic carbocycles. The molecule has 3 nitrogen and oxygen atoms in total. The molecular formula is C12H5F4N3. The minimum atomic E-state index is -1.58. The molecule has 0 saturated carbocycles. The first kappa shape index (κ1) is 12.8. The summed E-state index contributed by atoms with van der Waals surface area (Å²) in [6.45, 7) is 0. The van der Waals surface area contributed by atoms with Crippen molar-refractivity contribution < 1.29 is 17.6 Å². The van der Waals surface area contributed by atoms with Crippen LogP contribution < -0.4 is 5.32 Å². The summed E-state index contributed by atoms with van der Waals surface area (Å²) < 4.78 is 52.8. The molecule has 0 unspecified atom stereocenters. The van der Waals surface area contributed by atoms with Gasteiger partial charge in [-0.25, -0.2) is 22.5 Å². The highest BCUT2D eigenvalue weighted by Crippen LogP contribution is 2.28. The van der Waals surface area contributed by atoms with Crippen molar-refractivity contribution in [3.63, 3.8) is 0 Å². The van der Waals surface area contributed by atoms with Gasteiger partial charge >= 0.3 is 0 Å². The van der Waals surface area contributed by atoms with Crippen molar-refractivity contribution >= 4 is 11.4 Å². The van der Waals surface area contributed by atoms with Crippen molar-refractivity contribution in [1.82, 2.24) is 4.98 Å². The zero-order valence-electron chi connectivity index (χ0n) is 9.22. The van der Waals surface area contributed by atoms with Gasteiger partial charge in [0.2, 0.25) is 0 Å². The van der Waals surface area contributed by atoms with Crippen LogP contribution in [0.3, 0.4) is 0 Å². The average Bonchev–Trinajstić information content (AvgIpc) is 2.42. The second-order valence-electron chi connectivity index (χ2n) is 3.48. The van der Waals surface area contributed by atoms with E-state index in [2.05, 4.69) is 10.3 Å². The number of halogens is 4. The lowest BCUT2D eigenvalue weighted by Gasteiger charge is -2.10. The number of nitrogens with one attached hydrogen (secondary N) is 1. The van der Waals surface area contributed by atoms with E-state index in [-0.39, 0.29) is 17.4 Å². The van der Waals surface area contributed by atoms with Gasteiger partial charge in [0, 0.05) is 12.3 Å². The third kappa shape index (κ3) is 2.33. The third-order valence-electron chi connectivity index (χ3n) is 2.29. The lowest BCUT2D eigenvalue weighted by Crippen LogP contribution is -2.04. The number of rotatable bonds is 2. The molecule has 1 heterocycles. The molecule has 0 radical (unpaired) electrons. The highest BCUT2D eigenvalue weighted by Gasteiger charge is 2.20. The van der Waals surface area contributed by atoms with Crippen LogP contribution in [0.4, 0.5) is 28.9 Å². The van der Waals surface area contributed by atoms with Gasteiger partial charge in [-0.2, -0.15) is 5.26 Å². The Labute approximate surface area is 105 Å². The molecule has 0 aliphatic heterocycles. The summed E-state index contributed by atoms with van der Waals surface area (Å²) in [5.74, 6) is -6.23. The van der Waals surface area contributed by atoms with Crippen molar-refractivity contribution in [1.29, 1.82) is 5.26 Å². The molecule has 1 aromatic carbocycles. The predicted molar refractivity (Wildman–Crippen MR) is 58.5 cm³/mol. The fourth-order valence-corrected chi connectivity index (χ4v) is 1.41. The van der Waals surface area contributed by atoms with Crippen molar-refractivity contribution in [2.24, 2.45) is 0 Å². The second kappa shape index (κ2) is 4.94. The molecular weight excluding hydrogens is 262 g/mol. The molecule has 0 bridgehead atoms. The molecule has 2 aromatic rings. The Kier molecular flexibility index (Phi) is 3.33. The van der Waals surface area contributed by atoms with E-state index in [0.29, 0.717) is 0 Å². The average molecular weight is 267 g/mol. The summed E-state index contributed by atoms with van der Waals surface area (Å²) in [7, 11) is 0. The molecule has 0 spiro atoms. The fraction of sp³-hybridized carbons (Fsp3) is 0. The SMILES string of the molecule is N#Cc1ncccc1Nc1c(F)c(F)cc(F)c1F. The van der Waals surface area contributed by atoms with Gasteiger partial charge in [-0.15, -0.1) is 0 Å². The van der Waals surface area contributed by atoms with E-state index in [0.717, 1.165) is 0 Å². The lowest BCUT2D eigenvalue weighted by atomic mass is 10.2. The van der Waals surface area contributed by atoms with Gasteiger partial charge in [0.15, 0.2) is 29.0 Å². The van der Waals surface area contributed by atoms with Crippen LogP contribution in [-0.4, -0.2) is 4.98 Å². The quantitative estimate of drug-likeness (QED) is 0.671. The number of aromatic nitrogens is 1. The van der Waals surface area contributed by atoms with Crippen LogP contribution in [0.1, 0.15) is 5.69 Å². The normalized spacial score (nSPS) is 10.1. The van der Waals surface area contributed by atoms with Crippen LogP contribution in [-0.2, 0) is 0 Å². The maximum atomic E-state index is 13.4. The smallest absolute Gasteiger partial charge is 0.185 e. The first-order valence-electron chi connectivity index (χ1n) is 4.99. The van der Waals surface area contributed by atoms with E-state index in [1.165, 1.54) is 18.3 Å². The van der Waals surface area contributed by atoms with Crippen molar-refractivity contribution in [2.75, 3.05) is 5.32 Å². The van der Waals surface area contributed by atoms with Gasteiger partial charge in [0.25, 0.3) is 0 Å². The van der Waals surface area contributed by atoms with Crippen molar-refractivity contribution in [2.45, 2.75) is 0 Å². The van der Waals surface area contributed by atoms with Crippen LogP contribution in [0.25, 0.3) is 0 Å². The Morgan fingerprint density at radius 3 is 2.32 bits per heavy atom. The first-order chi connectivity index (χ1) is 9.04. The molecule has 0 amide bonds. The Bertz CT molecular complexity index is 653. The maximum Gasteiger partial charge on any atom is 0.185 e. The van der Waals surface area contributed by atoms with Gasteiger partial charge in [0.05, 0.1) is 5.69 Å². The molecule has 7 heteroatoms. The number of nitrogens with zero attached hydrogens (tertiary/aromatic N) is 2. The Morgan fingerprint density at radius 2 is 1.74 bits per heavy atom. The number of benzene rings is 1. The number of nitriles is 1. The van der Waals surface area contributed by atoms with Gasteiger partial charge in [-0.1, -0.05) is 0 Å². The molecule has 2 rings (SSSR count). The van der Waals surface area contributed by atoms with Gasteiger partial charge in [0.1, 0.15) is 11.8 Å². The number of pyridine rings is 1. The molecule has 1 N–H and O–H groups in total. The molecule has 19 heavy (non-hydrogen) atoms. The van der Waals surface area contributed by atoms with Crippen LogP contribution in [0, 0.1) is 34.6 Å². The lowest BCUT2D eigenvalue weighted by molar-refractivity contribution is 0.459. The Balaban J connectivity index is 2.53. The van der Waals surface area contributed by atoms with E-state index in [1.807, 2.05) is 0 Å². The summed E-state index contributed by atoms with van der Waals surface area (Å²) in [4.78, 5) is 3.64. The fourth-order valence-electron chi connectivity index (χ4n) is 1.41. The number of anilines is 2. The van der Waals surface area contributed by atoms with Gasteiger partial charge in [-0.05, 0) is 12.1 Å². The standard InChI is InChI=1S/C12H5F4N3/c13-6-4-7(14)11(16)12(10(6)15)19-8-2-1-3-18-9(8)5-17/h1-4,19H. The third-order valence-corrected chi connectivity index (χ3v) is 2.29. The minimum Gasteiger partial charge on any atom is -0.348 e. The zero-order valence-corrected chi connectivity index (χ0v) is 9.22. The Morgan fingerprint density at radius 1 is 1.11 bits per heavy atom. The van der Waals surface area contributed by atoms with Crippen LogP contribution >= 0.6 is 0 Å². The van der Waals surface area contributed by atoms with E-state index in [4.69, 9.17) is 5.26 Å². The van der Waals surface area contributed by atoms with Gasteiger partial charge in [-0.3, -0.25) is 0 Å². The van der Waals surface area contributed by atoms with Crippen molar-refractivity contribution in [3.05, 3.63) is 53.4 Å². The van der Waals surface area contributed by atoms with Crippen molar-refractivity contribution in [3.8, 4) is 6.07 Å². The highest BCUT2D eigenvalue weighted by atomic mass is 19.2. The molecule has 0 saturated heterocycles. The second-order valence-corrected chi connectivity index (χ2v) is 3.48. The van der Waals surface area contributed by atoms with E-state index in [1.54, 1.807) is 6.07 Å². The van der Waals surface area contributed by atoms with Gasteiger partial charge < -0.3 is 5.32 Å². The molecule has 0 atom stereocenters. The summed E-state index contributed by atoms with van der Waals surface area (Å²) >= 11 is 0. The Hall–Kier alpha value is -2.62. The topological polar surface area (TPSA) is 48.7 Å². The monoisotopic (exact) mass is 267 g/mol. The van der Waals surface area contributed by atoms with Crippen LogP contribution in [0.5, 0.6) is 0 Å². The van der Waals surface area contributed by atoms with E-state index in [9.17, 15) is 17.6 Å². The molecule has 1 aromatic heterocycles. The van der Waals surface area contributed by atoms with Crippen LogP contribution in [0.15, 0.2) is 24.4 Å². The van der Waals surface area contributed by atoms with E-state index < -0.39 is 29.0 Å². The predicted octanol–water partition coefficient (Wildman–Crippen LogP) is 3.25. The first-order valence-corrected chi connectivity index (χ1v) is 4.99. The molecule has 96 valence electrons. The summed E-state index contributed by atoms with van der Waals surface area (Å²) in [6, 6.07) is 4.48. The van der Waals surface area contributed by atoms with E-state index >= 15 is 0 Å². The maximum absolute atomic E-state index is 13.4. The molecule has 0 aliphatic rings.